The number of carboxylic acid groups (broad SMARTS) is 1. The minimum atomic E-state index is -0.943. The molecule has 0 atom stereocenters. The second-order valence-corrected chi connectivity index (χ2v) is 6.68. The van der Waals surface area contributed by atoms with Gasteiger partial charge in [-0.1, -0.05) is 48.5 Å². The highest BCUT2D eigenvalue weighted by Crippen LogP contribution is 2.33. The monoisotopic (exact) mass is 368 g/mol. The van der Waals surface area contributed by atoms with Crippen molar-refractivity contribution < 1.29 is 19.3 Å². The molecule has 4 heteroatoms. The Bertz CT molecular complexity index is 1270. The van der Waals surface area contributed by atoms with Crippen molar-refractivity contribution in [2.24, 2.45) is 7.05 Å². The second kappa shape index (κ2) is 7.10. The first-order valence-electron chi connectivity index (χ1n) is 8.97. The lowest BCUT2D eigenvalue weighted by Crippen LogP contribution is -2.31. The van der Waals surface area contributed by atoms with Crippen LogP contribution < -0.4 is 4.57 Å². The number of para-hydroxylation sites is 1. The molecule has 0 amide bonds. The fourth-order valence-electron chi connectivity index (χ4n) is 3.77. The number of nitrogens with zero attached hydrogens (tertiary/aromatic N) is 1. The largest absolute Gasteiger partial charge is 0.478 e. The van der Waals surface area contributed by atoms with Crippen molar-refractivity contribution in [3.63, 3.8) is 0 Å². The Morgan fingerprint density at radius 2 is 1.71 bits per heavy atom. The normalized spacial score (nSPS) is 10.8. The summed E-state index contributed by atoms with van der Waals surface area (Å²) in [5.74, 6) is 0.844. The van der Waals surface area contributed by atoms with E-state index in [4.69, 9.17) is 0 Å². The number of hydrogen-bond donors (Lipinski definition) is 1. The molecule has 0 bridgehead atoms. The average molecular weight is 368 g/mol. The number of aromatic carboxylic acids is 1. The van der Waals surface area contributed by atoms with Crippen LogP contribution in [0.15, 0.2) is 72.8 Å². The number of pyridine rings is 1. The van der Waals surface area contributed by atoms with Crippen LogP contribution in [0.1, 0.15) is 15.9 Å². The third-order valence-corrected chi connectivity index (χ3v) is 5.09. The van der Waals surface area contributed by atoms with Gasteiger partial charge in [0.15, 0.2) is 0 Å². The zero-order valence-corrected chi connectivity index (χ0v) is 15.3. The molecule has 0 fully saturated rings. The van der Waals surface area contributed by atoms with Crippen LogP contribution in [0.25, 0.3) is 32.9 Å². The molecule has 0 aliphatic rings. The van der Waals surface area contributed by atoms with E-state index in [2.05, 4.69) is 0 Å². The van der Waals surface area contributed by atoms with Crippen LogP contribution in [-0.4, -0.2) is 17.0 Å². The zero-order chi connectivity index (χ0) is 19.7. The van der Waals surface area contributed by atoms with Crippen molar-refractivity contribution in [3.05, 3.63) is 83.9 Å². The summed E-state index contributed by atoms with van der Waals surface area (Å²) in [6, 6.07) is 21.2. The molecule has 4 aromatic rings. The lowest BCUT2D eigenvalue weighted by molar-refractivity contribution is -0.617. The van der Waals surface area contributed by atoms with Crippen LogP contribution in [0.4, 0.5) is 0 Å². The van der Waals surface area contributed by atoms with E-state index in [0.717, 1.165) is 33.1 Å². The van der Waals surface area contributed by atoms with Gasteiger partial charge < -0.3 is 5.11 Å². The smallest absolute Gasteiger partial charge is 0.337 e. The third-order valence-electron chi connectivity index (χ3n) is 5.09. The molecule has 0 aliphatic carbocycles. The number of carbonyl (C=O) groups excluding carboxylic acids is 1. The van der Waals surface area contributed by atoms with E-state index in [9.17, 15) is 14.7 Å². The molecule has 0 spiro atoms. The van der Waals surface area contributed by atoms with E-state index in [1.165, 1.54) is 6.08 Å². The van der Waals surface area contributed by atoms with Crippen LogP contribution >= 0.6 is 0 Å². The van der Waals surface area contributed by atoms with Crippen molar-refractivity contribution in [2.45, 2.75) is 6.42 Å². The first-order chi connectivity index (χ1) is 13.6. The quantitative estimate of drug-likeness (QED) is 0.335. The number of benzene rings is 3. The molecule has 0 unspecified atom stereocenters. The number of aryl methyl sites for hydroxylation is 1. The van der Waals surface area contributed by atoms with Gasteiger partial charge in [0.25, 0.3) is 0 Å². The standard InChI is InChI=1S/C24H17NO3/c1-25-20-9-3-2-7-19(20)23(24(27)28)22-18(8-4-10-21(22)25)17-13-11-16(12-14-17)6-5-15-26/h2-5,7-14H,6H2,1H3/p+1. The highest BCUT2D eigenvalue weighted by molar-refractivity contribution is 6.16. The van der Waals surface area contributed by atoms with E-state index in [1.54, 1.807) is 5.94 Å². The van der Waals surface area contributed by atoms with Gasteiger partial charge in [-0.3, -0.25) is 0 Å². The van der Waals surface area contributed by atoms with Gasteiger partial charge in [0.1, 0.15) is 13.0 Å². The number of aromatic nitrogens is 1. The van der Waals surface area contributed by atoms with Gasteiger partial charge in [0.2, 0.25) is 11.0 Å². The second-order valence-electron chi connectivity index (χ2n) is 6.68. The average Bonchev–Trinajstić information content (AvgIpc) is 2.72. The minimum absolute atomic E-state index is 0.312. The fourth-order valence-corrected chi connectivity index (χ4v) is 3.77. The molecule has 0 radical (unpaired) electrons. The molecule has 0 saturated carbocycles. The number of allylic oxidation sites excluding steroid dienone is 1. The van der Waals surface area contributed by atoms with Gasteiger partial charge in [-0.2, -0.15) is 4.57 Å². The summed E-state index contributed by atoms with van der Waals surface area (Å²) in [5.41, 5.74) is 4.85. The maximum atomic E-state index is 12.2. The van der Waals surface area contributed by atoms with Crippen molar-refractivity contribution in [3.8, 4) is 11.1 Å². The van der Waals surface area contributed by atoms with Crippen LogP contribution in [-0.2, 0) is 18.3 Å². The maximum absolute atomic E-state index is 12.2. The van der Waals surface area contributed by atoms with Crippen molar-refractivity contribution in [1.29, 1.82) is 0 Å². The van der Waals surface area contributed by atoms with E-state index in [1.807, 2.05) is 78.3 Å². The Morgan fingerprint density at radius 3 is 2.43 bits per heavy atom. The summed E-state index contributed by atoms with van der Waals surface area (Å²) in [7, 11) is 1.95. The van der Waals surface area contributed by atoms with Gasteiger partial charge in [-0.05, 0) is 22.8 Å². The molecule has 1 aromatic heterocycles. The summed E-state index contributed by atoms with van der Waals surface area (Å²) in [5, 5.41) is 11.5. The fraction of sp³-hybridized carbons (Fsp3) is 0.0833. The molecule has 28 heavy (non-hydrogen) atoms. The van der Waals surface area contributed by atoms with Gasteiger partial charge in [0, 0.05) is 24.6 Å². The first-order valence-corrected chi connectivity index (χ1v) is 8.97. The molecular weight excluding hydrogens is 350 g/mol. The predicted octanol–water partition coefficient (Wildman–Crippen LogP) is 4.11. The van der Waals surface area contributed by atoms with Gasteiger partial charge in [-0.25, -0.2) is 9.59 Å². The van der Waals surface area contributed by atoms with Gasteiger partial charge in [0.05, 0.1) is 16.3 Å². The Labute approximate surface area is 162 Å². The van der Waals surface area contributed by atoms with E-state index in [-0.39, 0.29) is 0 Å². The summed E-state index contributed by atoms with van der Waals surface area (Å²) in [4.78, 5) is 22.7. The highest BCUT2D eigenvalue weighted by Gasteiger charge is 2.24. The Hall–Kier alpha value is -3.75. The van der Waals surface area contributed by atoms with E-state index >= 15 is 0 Å². The van der Waals surface area contributed by atoms with Crippen LogP contribution in [0, 0.1) is 0 Å². The predicted molar refractivity (Wildman–Crippen MR) is 109 cm³/mol. The van der Waals surface area contributed by atoms with Crippen molar-refractivity contribution in [2.75, 3.05) is 0 Å². The first kappa shape index (κ1) is 17.7. The molecule has 4 nitrogen and oxygen atoms in total. The van der Waals surface area contributed by atoms with Crippen molar-refractivity contribution in [1.82, 2.24) is 0 Å². The van der Waals surface area contributed by atoms with E-state index < -0.39 is 5.97 Å². The van der Waals surface area contributed by atoms with Crippen LogP contribution in [0.2, 0.25) is 0 Å². The third kappa shape index (κ3) is 2.86. The molecule has 1 heterocycles. The number of rotatable bonds is 4. The van der Waals surface area contributed by atoms with Gasteiger partial charge >= 0.3 is 5.97 Å². The summed E-state index contributed by atoms with van der Waals surface area (Å²) in [6.07, 6.45) is 1.97. The lowest BCUT2D eigenvalue weighted by Gasteiger charge is -2.11. The number of hydrogen-bond acceptors (Lipinski definition) is 2. The maximum Gasteiger partial charge on any atom is 0.337 e. The van der Waals surface area contributed by atoms with Crippen LogP contribution in [0.5, 0.6) is 0 Å². The summed E-state index contributed by atoms with van der Waals surface area (Å²) < 4.78 is 2.03. The molecule has 4 rings (SSSR count). The molecule has 0 aliphatic heterocycles. The topological polar surface area (TPSA) is 58.2 Å². The molecule has 3 aromatic carbocycles. The zero-order valence-electron chi connectivity index (χ0n) is 15.3. The van der Waals surface area contributed by atoms with Crippen LogP contribution in [0.3, 0.4) is 0 Å². The van der Waals surface area contributed by atoms with Gasteiger partial charge in [-0.15, -0.1) is 0 Å². The molecule has 1 N–H and O–H groups in total. The van der Waals surface area contributed by atoms with Crippen molar-refractivity contribution >= 4 is 33.7 Å². The molecule has 136 valence electrons. The number of carboxylic acids is 1. The SMILES string of the molecule is C[n+]1c2ccccc2c(C(=O)O)c2c(-c3ccc(CC=C=O)cc3)cccc21. The highest BCUT2D eigenvalue weighted by atomic mass is 16.4. The number of fused-ring (bicyclic) bond motifs is 2. The molecule has 0 saturated heterocycles. The Kier molecular flexibility index (Phi) is 4.48. The number of carbonyl (C=O) groups is 1. The molecular formula is C24H18NO3+. The summed E-state index contributed by atoms with van der Waals surface area (Å²) >= 11 is 0. The minimum Gasteiger partial charge on any atom is -0.478 e. The Balaban J connectivity index is 2.05. The Morgan fingerprint density at radius 1 is 1.00 bits per heavy atom. The lowest BCUT2D eigenvalue weighted by atomic mass is 9.93. The summed E-state index contributed by atoms with van der Waals surface area (Å²) in [6.45, 7) is 0. The van der Waals surface area contributed by atoms with E-state index in [0.29, 0.717) is 17.4 Å².